The van der Waals surface area contributed by atoms with Crippen LogP contribution in [-0.4, -0.2) is 49.6 Å². The molecule has 0 rings (SSSR count). The lowest BCUT2D eigenvalue weighted by Crippen LogP contribution is -2.39. The van der Waals surface area contributed by atoms with Crippen molar-refractivity contribution in [3.63, 3.8) is 0 Å². The lowest BCUT2D eigenvalue weighted by Gasteiger charge is -2.33. The maximum atomic E-state index is 12.4. The highest BCUT2D eigenvalue weighted by molar-refractivity contribution is 5.70. The van der Waals surface area contributed by atoms with Crippen molar-refractivity contribution in [3.8, 4) is 0 Å². The van der Waals surface area contributed by atoms with E-state index in [-0.39, 0.29) is 23.1 Å². The minimum absolute atomic E-state index is 0.213. The van der Waals surface area contributed by atoms with Crippen LogP contribution in [0.25, 0.3) is 0 Å². The van der Waals surface area contributed by atoms with E-state index in [1.54, 1.807) is 0 Å². The third kappa shape index (κ3) is 15.9. The van der Waals surface area contributed by atoms with Crippen molar-refractivity contribution in [1.29, 1.82) is 0 Å². The monoisotopic (exact) mass is 514 g/mol. The van der Waals surface area contributed by atoms with Crippen molar-refractivity contribution >= 4 is 11.9 Å². The molecule has 0 aromatic rings. The standard InChI is InChI=1S/C30H58O6/c1-7-13-21-29(35-11-5,22-14-8-2)25-33-27(31)19-17-18-20-28(32)34-26-30(36-12-6,23-15-9-3)24-16-10-4/h7-26H2,1-6H3. The number of rotatable bonds is 25. The van der Waals surface area contributed by atoms with Crippen molar-refractivity contribution in [2.24, 2.45) is 0 Å². The molecule has 214 valence electrons. The summed E-state index contributed by atoms with van der Waals surface area (Å²) >= 11 is 0. The van der Waals surface area contributed by atoms with E-state index in [0.29, 0.717) is 52.1 Å². The molecule has 0 heterocycles. The summed E-state index contributed by atoms with van der Waals surface area (Å²) in [6.45, 7) is 14.5. The number of unbranched alkanes of at least 4 members (excludes halogenated alkanes) is 5. The zero-order chi connectivity index (χ0) is 27.1. The molecule has 0 amide bonds. The zero-order valence-electron chi connectivity index (χ0n) is 24.6. The van der Waals surface area contributed by atoms with Crippen molar-refractivity contribution in [1.82, 2.24) is 0 Å². The average molecular weight is 515 g/mol. The zero-order valence-corrected chi connectivity index (χ0v) is 24.6. The molecule has 36 heavy (non-hydrogen) atoms. The van der Waals surface area contributed by atoms with Gasteiger partial charge < -0.3 is 18.9 Å². The van der Waals surface area contributed by atoms with E-state index in [2.05, 4.69) is 27.7 Å². The Bertz CT molecular complexity index is 484. The summed E-state index contributed by atoms with van der Waals surface area (Å²) in [6.07, 6.45) is 14.1. The van der Waals surface area contributed by atoms with Crippen LogP contribution in [0.3, 0.4) is 0 Å². The van der Waals surface area contributed by atoms with Gasteiger partial charge in [-0.05, 0) is 52.4 Å². The molecule has 6 nitrogen and oxygen atoms in total. The lowest BCUT2D eigenvalue weighted by molar-refractivity contribution is -0.159. The van der Waals surface area contributed by atoms with E-state index < -0.39 is 0 Å². The Morgan fingerprint density at radius 1 is 0.500 bits per heavy atom. The molecule has 0 spiro atoms. The smallest absolute Gasteiger partial charge is 0.305 e. The normalized spacial score (nSPS) is 12.1. The van der Waals surface area contributed by atoms with Gasteiger partial charge in [0.15, 0.2) is 0 Å². The van der Waals surface area contributed by atoms with Crippen LogP contribution < -0.4 is 0 Å². The van der Waals surface area contributed by atoms with Gasteiger partial charge in [-0.3, -0.25) is 9.59 Å². The molecular weight excluding hydrogens is 456 g/mol. The Labute approximate surface area is 222 Å². The van der Waals surface area contributed by atoms with Crippen molar-refractivity contribution in [2.45, 2.75) is 155 Å². The molecule has 0 fully saturated rings. The second kappa shape index (κ2) is 21.9. The molecule has 0 aromatic heterocycles. The third-order valence-electron chi connectivity index (χ3n) is 6.85. The van der Waals surface area contributed by atoms with E-state index in [9.17, 15) is 9.59 Å². The summed E-state index contributed by atoms with van der Waals surface area (Å²) in [7, 11) is 0. The Balaban J connectivity index is 4.55. The van der Waals surface area contributed by atoms with Gasteiger partial charge in [-0.1, -0.05) is 79.1 Å². The SMILES string of the molecule is CCCCC(CCCC)(COC(=O)CCCCC(=O)OCC(CCCC)(CCCC)OCC)OCC. The highest BCUT2D eigenvalue weighted by Gasteiger charge is 2.32. The molecule has 0 N–H and O–H groups in total. The summed E-state index contributed by atoms with van der Waals surface area (Å²) in [5.74, 6) is -0.426. The molecule has 0 aliphatic rings. The van der Waals surface area contributed by atoms with Crippen LogP contribution in [0.5, 0.6) is 0 Å². The fourth-order valence-corrected chi connectivity index (χ4v) is 4.63. The maximum Gasteiger partial charge on any atom is 0.305 e. The highest BCUT2D eigenvalue weighted by atomic mass is 16.6. The number of ether oxygens (including phenoxy) is 4. The summed E-state index contributed by atoms with van der Waals surface area (Å²) in [5.41, 5.74) is -0.744. The minimum atomic E-state index is -0.372. The van der Waals surface area contributed by atoms with Crippen molar-refractivity contribution in [3.05, 3.63) is 0 Å². The molecule has 0 aliphatic heterocycles. The topological polar surface area (TPSA) is 71.1 Å². The van der Waals surface area contributed by atoms with Gasteiger partial charge in [0, 0.05) is 26.1 Å². The van der Waals surface area contributed by atoms with Gasteiger partial charge in [0.05, 0.1) is 0 Å². The molecule has 0 aromatic carbocycles. The quantitative estimate of drug-likeness (QED) is 0.0909. The second-order valence-corrected chi connectivity index (χ2v) is 10.2. The van der Waals surface area contributed by atoms with E-state index in [4.69, 9.17) is 18.9 Å². The Morgan fingerprint density at radius 2 is 0.806 bits per heavy atom. The first kappa shape index (κ1) is 34.9. The fraction of sp³-hybridized carbons (Fsp3) is 0.933. The van der Waals surface area contributed by atoms with E-state index in [1.807, 2.05) is 13.8 Å². The van der Waals surface area contributed by atoms with Crippen LogP contribution in [0, 0.1) is 0 Å². The molecule has 0 bridgehead atoms. The van der Waals surface area contributed by atoms with Gasteiger partial charge in [0.25, 0.3) is 0 Å². The van der Waals surface area contributed by atoms with Gasteiger partial charge in [-0.15, -0.1) is 0 Å². The maximum absolute atomic E-state index is 12.4. The number of hydrogen-bond donors (Lipinski definition) is 0. The highest BCUT2D eigenvalue weighted by Crippen LogP contribution is 2.28. The summed E-state index contributed by atoms with van der Waals surface area (Å²) in [5, 5.41) is 0. The van der Waals surface area contributed by atoms with Crippen molar-refractivity contribution < 1.29 is 28.5 Å². The van der Waals surface area contributed by atoms with Gasteiger partial charge in [0.1, 0.15) is 24.4 Å². The van der Waals surface area contributed by atoms with Crippen LogP contribution in [-0.2, 0) is 28.5 Å². The molecule has 0 saturated heterocycles. The molecule has 0 unspecified atom stereocenters. The van der Waals surface area contributed by atoms with Crippen LogP contribution in [0.15, 0.2) is 0 Å². The number of hydrogen-bond acceptors (Lipinski definition) is 6. The van der Waals surface area contributed by atoms with Crippen LogP contribution >= 0.6 is 0 Å². The third-order valence-corrected chi connectivity index (χ3v) is 6.85. The first-order chi connectivity index (χ1) is 17.4. The summed E-state index contributed by atoms with van der Waals surface area (Å²) < 4.78 is 23.5. The fourth-order valence-electron chi connectivity index (χ4n) is 4.63. The molecule has 0 atom stereocenters. The molecular formula is C30H58O6. The number of carbonyl (C=O) groups excluding carboxylic acids is 2. The van der Waals surface area contributed by atoms with Crippen molar-refractivity contribution in [2.75, 3.05) is 26.4 Å². The largest absolute Gasteiger partial charge is 0.463 e. The summed E-state index contributed by atoms with van der Waals surface area (Å²) in [6, 6.07) is 0. The number of esters is 2. The first-order valence-corrected chi connectivity index (χ1v) is 15.0. The predicted molar refractivity (Wildman–Crippen MR) is 147 cm³/mol. The first-order valence-electron chi connectivity index (χ1n) is 15.0. The van der Waals surface area contributed by atoms with E-state index in [0.717, 1.165) is 77.0 Å². The minimum Gasteiger partial charge on any atom is -0.463 e. The van der Waals surface area contributed by atoms with Gasteiger partial charge in [-0.25, -0.2) is 0 Å². The molecule has 6 heteroatoms. The van der Waals surface area contributed by atoms with Crippen LogP contribution in [0.2, 0.25) is 0 Å². The molecule has 0 saturated carbocycles. The van der Waals surface area contributed by atoms with Crippen LogP contribution in [0.4, 0.5) is 0 Å². The molecule has 0 radical (unpaired) electrons. The second-order valence-electron chi connectivity index (χ2n) is 10.2. The Kier molecular flexibility index (Phi) is 21.2. The number of carbonyl (C=O) groups is 2. The van der Waals surface area contributed by atoms with Gasteiger partial charge in [0.2, 0.25) is 0 Å². The van der Waals surface area contributed by atoms with Gasteiger partial charge in [-0.2, -0.15) is 0 Å². The van der Waals surface area contributed by atoms with E-state index in [1.165, 1.54) is 0 Å². The average Bonchev–Trinajstić information content (AvgIpc) is 2.88. The van der Waals surface area contributed by atoms with E-state index >= 15 is 0 Å². The Morgan fingerprint density at radius 3 is 1.06 bits per heavy atom. The van der Waals surface area contributed by atoms with Crippen LogP contribution in [0.1, 0.15) is 144 Å². The predicted octanol–water partition coefficient (Wildman–Crippen LogP) is 7.94. The Hall–Kier alpha value is -1.14. The lowest BCUT2D eigenvalue weighted by atomic mass is 9.91. The summed E-state index contributed by atoms with van der Waals surface area (Å²) in [4.78, 5) is 24.8. The van der Waals surface area contributed by atoms with Gasteiger partial charge >= 0.3 is 11.9 Å². The molecule has 0 aliphatic carbocycles.